The maximum absolute atomic E-state index is 11.7. The van der Waals surface area contributed by atoms with Crippen molar-refractivity contribution >= 4 is 23.5 Å². The van der Waals surface area contributed by atoms with Crippen molar-refractivity contribution in [1.29, 1.82) is 0 Å². The van der Waals surface area contributed by atoms with Gasteiger partial charge in [-0.3, -0.25) is 10.1 Å². The van der Waals surface area contributed by atoms with E-state index in [2.05, 4.69) is 15.3 Å². The SMILES string of the molecule is Cc1cc(C)nc(NC(=O)c2ccc(Cl)o2)n1. The van der Waals surface area contributed by atoms with E-state index in [4.69, 9.17) is 16.0 Å². The smallest absolute Gasteiger partial charge is 0.293 e. The molecule has 0 spiro atoms. The van der Waals surface area contributed by atoms with Crippen LogP contribution in [-0.2, 0) is 0 Å². The van der Waals surface area contributed by atoms with Gasteiger partial charge in [0.15, 0.2) is 11.0 Å². The van der Waals surface area contributed by atoms with E-state index in [1.54, 1.807) is 0 Å². The summed E-state index contributed by atoms with van der Waals surface area (Å²) < 4.78 is 4.98. The summed E-state index contributed by atoms with van der Waals surface area (Å²) in [6, 6.07) is 4.80. The summed E-state index contributed by atoms with van der Waals surface area (Å²) in [4.78, 5) is 19.9. The first-order chi connectivity index (χ1) is 8.04. The fourth-order valence-electron chi connectivity index (χ4n) is 1.38. The van der Waals surface area contributed by atoms with Crippen LogP contribution in [0.15, 0.2) is 22.6 Å². The largest absolute Gasteiger partial charge is 0.440 e. The first kappa shape index (κ1) is 11.6. The third-order valence-electron chi connectivity index (χ3n) is 2.00. The van der Waals surface area contributed by atoms with Crippen LogP contribution >= 0.6 is 11.6 Å². The summed E-state index contributed by atoms with van der Waals surface area (Å²) in [6.45, 7) is 3.65. The molecule has 1 amide bonds. The molecule has 1 N–H and O–H groups in total. The van der Waals surface area contributed by atoms with Crippen molar-refractivity contribution in [3.8, 4) is 0 Å². The van der Waals surface area contributed by atoms with Crippen LogP contribution in [0, 0.1) is 13.8 Å². The lowest BCUT2D eigenvalue weighted by Crippen LogP contribution is -2.14. The third-order valence-corrected chi connectivity index (χ3v) is 2.21. The Hall–Kier alpha value is -1.88. The zero-order chi connectivity index (χ0) is 12.4. The molecule has 0 aliphatic rings. The van der Waals surface area contributed by atoms with Crippen LogP contribution in [0.5, 0.6) is 0 Å². The molecule has 0 radical (unpaired) electrons. The van der Waals surface area contributed by atoms with Gasteiger partial charge in [-0.1, -0.05) is 0 Å². The molecule has 5 nitrogen and oxygen atoms in total. The standard InChI is InChI=1S/C11H10ClN3O2/c1-6-5-7(2)14-11(13-6)15-10(16)8-3-4-9(12)17-8/h3-5H,1-2H3,(H,13,14,15,16). The second-order valence-electron chi connectivity index (χ2n) is 3.53. The average Bonchev–Trinajstić information content (AvgIpc) is 2.63. The fourth-order valence-corrected chi connectivity index (χ4v) is 1.53. The number of rotatable bonds is 2. The fraction of sp³-hybridized carbons (Fsp3) is 0.182. The molecule has 0 unspecified atom stereocenters. The summed E-state index contributed by atoms with van der Waals surface area (Å²) in [5.74, 6) is -0.0559. The van der Waals surface area contributed by atoms with Crippen molar-refractivity contribution in [2.45, 2.75) is 13.8 Å². The molecule has 2 rings (SSSR count). The first-order valence-corrected chi connectivity index (χ1v) is 5.31. The minimum Gasteiger partial charge on any atom is -0.440 e. The minimum atomic E-state index is -0.429. The molecule has 0 aliphatic heterocycles. The van der Waals surface area contributed by atoms with Gasteiger partial charge in [0.2, 0.25) is 5.95 Å². The highest BCUT2D eigenvalue weighted by Gasteiger charge is 2.12. The first-order valence-electron chi connectivity index (χ1n) is 4.93. The molecule has 0 fully saturated rings. The highest BCUT2D eigenvalue weighted by atomic mass is 35.5. The van der Waals surface area contributed by atoms with Gasteiger partial charge >= 0.3 is 0 Å². The molecule has 2 aromatic heterocycles. The number of nitrogens with zero attached hydrogens (tertiary/aromatic N) is 2. The van der Waals surface area contributed by atoms with Crippen LogP contribution in [0.4, 0.5) is 5.95 Å². The summed E-state index contributed by atoms with van der Waals surface area (Å²) >= 11 is 5.58. The quantitative estimate of drug-likeness (QED) is 0.891. The number of carbonyl (C=O) groups is 1. The van der Waals surface area contributed by atoms with E-state index in [9.17, 15) is 4.79 Å². The van der Waals surface area contributed by atoms with E-state index < -0.39 is 5.91 Å². The van der Waals surface area contributed by atoms with Crippen LogP contribution in [-0.4, -0.2) is 15.9 Å². The van der Waals surface area contributed by atoms with Gasteiger partial charge in [0, 0.05) is 11.4 Å². The number of hydrogen-bond donors (Lipinski definition) is 1. The lowest BCUT2D eigenvalue weighted by atomic mass is 10.3. The number of aryl methyl sites for hydroxylation is 2. The van der Waals surface area contributed by atoms with E-state index >= 15 is 0 Å². The van der Waals surface area contributed by atoms with E-state index in [1.807, 2.05) is 19.9 Å². The van der Waals surface area contributed by atoms with Crippen molar-refractivity contribution in [2.75, 3.05) is 5.32 Å². The van der Waals surface area contributed by atoms with Gasteiger partial charge in [-0.25, -0.2) is 9.97 Å². The second kappa shape index (κ2) is 4.55. The van der Waals surface area contributed by atoms with Crippen LogP contribution in [0.25, 0.3) is 0 Å². The topological polar surface area (TPSA) is 68.0 Å². The molecule has 6 heteroatoms. The Balaban J connectivity index is 2.18. The molecule has 0 bridgehead atoms. The highest BCUT2D eigenvalue weighted by Crippen LogP contribution is 2.14. The zero-order valence-corrected chi connectivity index (χ0v) is 10.1. The van der Waals surface area contributed by atoms with Gasteiger partial charge in [-0.15, -0.1) is 0 Å². The van der Waals surface area contributed by atoms with Crippen molar-refractivity contribution in [3.63, 3.8) is 0 Å². The Labute approximate surface area is 103 Å². The molecule has 0 aromatic carbocycles. The molecule has 88 valence electrons. The van der Waals surface area contributed by atoms with Crippen LogP contribution < -0.4 is 5.32 Å². The normalized spacial score (nSPS) is 10.3. The number of carbonyl (C=O) groups excluding carboxylic acids is 1. The maximum atomic E-state index is 11.7. The average molecular weight is 252 g/mol. The zero-order valence-electron chi connectivity index (χ0n) is 9.32. The van der Waals surface area contributed by atoms with Crippen molar-refractivity contribution in [1.82, 2.24) is 9.97 Å². The molecule has 2 heterocycles. The van der Waals surface area contributed by atoms with E-state index in [1.165, 1.54) is 12.1 Å². The van der Waals surface area contributed by atoms with Crippen LogP contribution in [0.3, 0.4) is 0 Å². The van der Waals surface area contributed by atoms with E-state index in [-0.39, 0.29) is 16.9 Å². The predicted molar refractivity (Wildman–Crippen MR) is 63.2 cm³/mol. The van der Waals surface area contributed by atoms with Gasteiger partial charge in [-0.05, 0) is 43.6 Å². The third kappa shape index (κ3) is 2.82. The number of aromatic nitrogens is 2. The number of hydrogen-bond acceptors (Lipinski definition) is 4. The van der Waals surface area contributed by atoms with Crippen LogP contribution in [0.1, 0.15) is 21.9 Å². The van der Waals surface area contributed by atoms with Gasteiger partial charge in [0.1, 0.15) is 0 Å². The molecule has 0 atom stereocenters. The molecule has 2 aromatic rings. The van der Waals surface area contributed by atoms with Gasteiger partial charge in [0.25, 0.3) is 5.91 Å². The monoisotopic (exact) mass is 251 g/mol. The maximum Gasteiger partial charge on any atom is 0.293 e. The Morgan fingerprint density at radius 2 is 1.94 bits per heavy atom. The van der Waals surface area contributed by atoms with Gasteiger partial charge in [-0.2, -0.15) is 0 Å². The summed E-state index contributed by atoms with van der Waals surface area (Å²) in [6.07, 6.45) is 0. The lowest BCUT2D eigenvalue weighted by Gasteiger charge is -2.03. The molecule has 17 heavy (non-hydrogen) atoms. The van der Waals surface area contributed by atoms with Gasteiger partial charge in [0.05, 0.1) is 0 Å². The highest BCUT2D eigenvalue weighted by molar-refractivity contribution is 6.29. The Morgan fingerprint density at radius 3 is 2.47 bits per heavy atom. The lowest BCUT2D eigenvalue weighted by molar-refractivity contribution is 0.0996. The van der Waals surface area contributed by atoms with Crippen molar-refractivity contribution in [2.24, 2.45) is 0 Å². The number of halogens is 1. The number of anilines is 1. The molecular weight excluding hydrogens is 242 g/mol. The Bertz CT molecular complexity index is 545. The van der Waals surface area contributed by atoms with E-state index in [0.29, 0.717) is 0 Å². The Morgan fingerprint density at radius 1 is 1.29 bits per heavy atom. The molecule has 0 saturated heterocycles. The van der Waals surface area contributed by atoms with Crippen LogP contribution in [0.2, 0.25) is 5.22 Å². The molecule has 0 aliphatic carbocycles. The molecular formula is C11H10ClN3O2. The molecule has 0 saturated carbocycles. The summed E-state index contributed by atoms with van der Waals surface area (Å²) in [5, 5.41) is 2.70. The minimum absolute atomic E-state index is 0.123. The van der Waals surface area contributed by atoms with E-state index in [0.717, 1.165) is 11.4 Å². The van der Waals surface area contributed by atoms with Gasteiger partial charge < -0.3 is 4.42 Å². The predicted octanol–water partition coefficient (Wildman–Crippen LogP) is 2.59. The summed E-state index contributed by atoms with van der Waals surface area (Å²) in [5.41, 5.74) is 1.57. The van der Waals surface area contributed by atoms with Crippen molar-refractivity contribution in [3.05, 3.63) is 40.6 Å². The number of furan rings is 1. The number of nitrogens with one attached hydrogen (secondary N) is 1. The summed E-state index contributed by atoms with van der Waals surface area (Å²) in [7, 11) is 0. The van der Waals surface area contributed by atoms with Crippen molar-refractivity contribution < 1.29 is 9.21 Å². The second-order valence-corrected chi connectivity index (χ2v) is 3.90. The number of amides is 1. The Kier molecular flexibility index (Phi) is 3.10.